The molecule has 3 N–H and O–H groups in total. The molecule has 4 nitrogen and oxygen atoms in total. The van der Waals surface area contributed by atoms with Crippen LogP contribution >= 0.6 is 27.3 Å². The van der Waals surface area contributed by atoms with Crippen molar-refractivity contribution in [2.24, 2.45) is 5.73 Å². The smallest absolute Gasteiger partial charge is 0.243 e. The van der Waals surface area contributed by atoms with E-state index in [0.29, 0.717) is 15.2 Å². The summed E-state index contributed by atoms with van der Waals surface area (Å²) in [6.07, 6.45) is 3.96. The summed E-state index contributed by atoms with van der Waals surface area (Å²) in [5.74, 6) is 0. The van der Waals surface area contributed by atoms with Crippen molar-refractivity contribution in [2.45, 2.75) is 49.6 Å². The lowest BCUT2D eigenvalue weighted by atomic mass is 10.0. The van der Waals surface area contributed by atoms with Gasteiger partial charge in [0.05, 0.1) is 3.79 Å². The van der Waals surface area contributed by atoms with E-state index < -0.39 is 10.0 Å². The molecule has 2 rings (SSSR count). The van der Waals surface area contributed by atoms with E-state index in [4.69, 9.17) is 5.73 Å². The minimum atomic E-state index is -3.46. The third-order valence-electron chi connectivity index (χ3n) is 3.29. The van der Waals surface area contributed by atoms with Crippen LogP contribution in [0.25, 0.3) is 0 Å². The quantitative estimate of drug-likeness (QED) is 0.874. The first-order chi connectivity index (χ1) is 8.36. The van der Waals surface area contributed by atoms with Crippen molar-refractivity contribution in [3.05, 3.63) is 14.7 Å². The highest BCUT2D eigenvalue weighted by Crippen LogP contribution is 2.35. The van der Waals surface area contributed by atoms with E-state index in [9.17, 15) is 8.42 Å². The van der Waals surface area contributed by atoms with Crippen LogP contribution in [-0.4, -0.2) is 14.0 Å². The van der Waals surface area contributed by atoms with Gasteiger partial charge in [-0.2, -0.15) is 0 Å². The molecule has 1 aromatic heterocycles. The number of halogens is 1. The Morgan fingerprint density at radius 1 is 1.50 bits per heavy atom. The molecule has 0 radical (unpaired) electrons. The van der Waals surface area contributed by atoms with E-state index in [2.05, 4.69) is 20.7 Å². The lowest BCUT2D eigenvalue weighted by Crippen LogP contribution is -2.43. The van der Waals surface area contributed by atoms with Crippen LogP contribution in [0.5, 0.6) is 0 Å². The molecular weight excluding hydrogens is 336 g/mol. The highest BCUT2D eigenvalue weighted by molar-refractivity contribution is 9.11. The summed E-state index contributed by atoms with van der Waals surface area (Å²) in [5.41, 5.74) is 5.24. The Morgan fingerprint density at radius 2 is 2.11 bits per heavy atom. The highest BCUT2D eigenvalue weighted by Gasteiger charge is 2.34. The van der Waals surface area contributed by atoms with Crippen LogP contribution in [0, 0.1) is 0 Å². The summed E-state index contributed by atoms with van der Waals surface area (Å²) >= 11 is 4.68. The van der Waals surface area contributed by atoms with Crippen LogP contribution in [-0.2, 0) is 16.6 Å². The molecule has 18 heavy (non-hydrogen) atoms. The normalized spacial score (nSPS) is 19.3. The summed E-state index contributed by atoms with van der Waals surface area (Å²) in [6, 6.07) is 1.65. The molecule has 7 heteroatoms. The Bertz CT molecular complexity index is 533. The number of sulfonamides is 1. The van der Waals surface area contributed by atoms with Gasteiger partial charge in [0.25, 0.3) is 0 Å². The van der Waals surface area contributed by atoms with Gasteiger partial charge in [0.1, 0.15) is 4.90 Å². The van der Waals surface area contributed by atoms with E-state index >= 15 is 0 Å². The zero-order valence-corrected chi connectivity index (χ0v) is 13.4. The minimum Gasteiger partial charge on any atom is -0.326 e. The Balaban J connectivity index is 2.27. The Morgan fingerprint density at radius 3 is 2.61 bits per heavy atom. The summed E-state index contributed by atoms with van der Waals surface area (Å²) in [5, 5.41) is 0. The zero-order valence-electron chi connectivity index (χ0n) is 10.2. The fraction of sp³-hybridized carbons (Fsp3) is 0.636. The van der Waals surface area contributed by atoms with Gasteiger partial charge in [0.2, 0.25) is 10.0 Å². The molecule has 1 aliphatic rings. The standard InChI is InChI=1S/C11H17BrN2O2S2/c1-11(4-2-3-5-11)14-18(15,16)9-6-8(7-13)17-10(9)12/h6,14H,2-5,7,13H2,1H3. The van der Waals surface area contributed by atoms with Gasteiger partial charge in [-0.25, -0.2) is 13.1 Å². The third-order valence-corrected chi connectivity index (χ3v) is 7.20. The molecule has 0 unspecified atom stereocenters. The van der Waals surface area contributed by atoms with Gasteiger partial charge in [-0.1, -0.05) is 12.8 Å². The van der Waals surface area contributed by atoms with Crippen LogP contribution in [0.15, 0.2) is 14.7 Å². The Labute approximate surface area is 120 Å². The minimum absolute atomic E-state index is 0.302. The average Bonchev–Trinajstić information content (AvgIpc) is 2.84. The second-order valence-electron chi connectivity index (χ2n) is 4.93. The molecule has 0 bridgehead atoms. The molecule has 1 aliphatic carbocycles. The predicted octanol–water partition coefficient (Wildman–Crippen LogP) is 2.58. The van der Waals surface area contributed by atoms with Crippen molar-refractivity contribution >= 4 is 37.3 Å². The van der Waals surface area contributed by atoms with Crippen molar-refractivity contribution in [1.82, 2.24) is 4.72 Å². The Kier molecular flexibility index (Phi) is 4.18. The molecule has 1 aromatic rings. The number of nitrogens with one attached hydrogen (secondary N) is 1. The largest absolute Gasteiger partial charge is 0.326 e. The van der Waals surface area contributed by atoms with Gasteiger partial charge >= 0.3 is 0 Å². The van der Waals surface area contributed by atoms with Crippen molar-refractivity contribution in [1.29, 1.82) is 0 Å². The lowest BCUT2D eigenvalue weighted by molar-refractivity contribution is 0.427. The van der Waals surface area contributed by atoms with E-state index in [0.717, 1.165) is 30.6 Å². The fourth-order valence-electron chi connectivity index (χ4n) is 2.32. The second-order valence-corrected chi connectivity index (χ2v) is 9.03. The van der Waals surface area contributed by atoms with Crippen molar-refractivity contribution < 1.29 is 8.42 Å². The fourth-order valence-corrected chi connectivity index (χ4v) is 6.35. The van der Waals surface area contributed by atoms with E-state index in [1.54, 1.807) is 6.07 Å². The highest BCUT2D eigenvalue weighted by atomic mass is 79.9. The molecule has 0 aliphatic heterocycles. The molecule has 0 amide bonds. The first kappa shape index (κ1) is 14.5. The monoisotopic (exact) mass is 352 g/mol. The Hall–Kier alpha value is 0.0500. The summed E-state index contributed by atoms with van der Waals surface area (Å²) in [4.78, 5) is 1.17. The second kappa shape index (κ2) is 5.20. The molecule has 0 spiro atoms. The molecule has 0 atom stereocenters. The molecule has 0 saturated heterocycles. The number of thiophene rings is 1. The van der Waals surface area contributed by atoms with Crippen LogP contribution < -0.4 is 10.5 Å². The van der Waals surface area contributed by atoms with Crippen LogP contribution in [0.4, 0.5) is 0 Å². The number of hydrogen-bond donors (Lipinski definition) is 2. The lowest BCUT2D eigenvalue weighted by Gasteiger charge is -2.24. The van der Waals surface area contributed by atoms with Crippen LogP contribution in [0.2, 0.25) is 0 Å². The van der Waals surface area contributed by atoms with Crippen LogP contribution in [0.1, 0.15) is 37.5 Å². The van der Waals surface area contributed by atoms with Gasteiger partial charge in [0.15, 0.2) is 0 Å². The zero-order chi connectivity index (χ0) is 13.4. The van der Waals surface area contributed by atoms with Crippen molar-refractivity contribution in [2.75, 3.05) is 0 Å². The van der Waals surface area contributed by atoms with Crippen LogP contribution in [0.3, 0.4) is 0 Å². The van der Waals surface area contributed by atoms with Gasteiger partial charge in [-0.05, 0) is 41.8 Å². The molecule has 1 heterocycles. The van der Waals surface area contributed by atoms with E-state index in [-0.39, 0.29) is 5.54 Å². The third kappa shape index (κ3) is 2.96. The average molecular weight is 353 g/mol. The number of rotatable bonds is 4. The first-order valence-corrected chi connectivity index (χ1v) is 8.98. The molecule has 0 aromatic carbocycles. The molecule has 1 fully saturated rings. The molecular formula is C11H17BrN2O2S2. The first-order valence-electron chi connectivity index (χ1n) is 5.89. The number of hydrogen-bond acceptors (Lipinski definition) is 4. The topological polar surface area (TPSA) is 72.2 Å². The maximum Gasteiger partial charge on any atom is 0.243 e. The van der Waals surface area contributed by atoms with Gasteiger partial charge in [0, 0.05) is 17.0 Å². The summed E-state index contributed by atoms with van der Waals surface area (Å²) in [7, 11) is -3.46. The maximum atomic E-state index is 12.4. The maximum absolute atomic E-state index is 12.4. The van der Waals surface area contributed by atoms with Gasteiger partial charge in [-0.3, -0.25) is 0 Å². The van der Waals surface area contributed by atoms with E-state index in [1.807, 2.05) is 6.92 Å². The molecule has 1 saturated carbocycles. The molecule has 102 valence electrons. The summed E-state index contributed by atoms with van der Waals surface area (Å²) < 4.78 is 28.2. The SMILES string of the molecule is CC1(NS(=O)(=O)c2cc(CN)sc2Br)CCCC1. The number of nitrogens with two attached hydrogens (primary N) is 1. The van der Waals surface area contributed by atoms with Crippen molar-refractivity contribution in [3.63, 3.8) is 0 Å². The van der Waals surface area contributed by atoms with Gasteiger partial charge < -0.3 is 5.73 Å². The van der Waals surface area contributed by atoms with E-state index in [1.165, 1.54) is 11.3 Å². The predicted molar refractivity (Wildman–Crippen MR) is 77.1 cm³/mol. The van der Waals surface area contributed by atoms with Gasteiger partial charge in [-0.15, -0.1) is 11.3 Å². The van der Waals surface area contributed by atoms with Crippen molar-refractivity contribution in [3.8, 4) is 0 Å². The summed E-state index contributed by atoms with van der Waals surface area (Å²) in [6.45, 7) is 2.33.